The molecule has 6 heteroatoms. The lowest BCUT2D eigenvalue weighted by atomic mass is 9.96. The van der Waals surface area contributed by atoms with Crippen LogP contribution in [0.2, 0.25) is 0 Å². The van der Waals surface area contributed by atoms with Gasteiger partial charge < -0.3 is 10.5 Å². The fourth-order valence-corrected chi connectivity index (χ4v) is 2.25. The molecule has 1 saturated carbocycles. The number of anilines is 1. The first-order chi connectivity index (χ1) is 9.86. The van der Waals surface area contributed by atoms with Crippen LogP contribution in [-0.2, 0) is 6.18 Å². The van der Waals surface area contributed by atoms with Gasteiger partial charge >= 0.3 is 6.18 Å². The molecule has 0 aromatic heterocycles. The maximum absolute atomic E-state index is 13.2. The van der Waals surface area contributed by atoms with Gasteiger partial charge in [-0.2, -0.15) is 13.2 Å². The van der Waals surface area contributed by atoms with Crippen LogP contribution >= 0.6 is 0 Å². The highest BCUT2D eigenvalue weighted by molar-refractivity contribution is 5.49. The first kappa shape index (κ1) is 17.6. The number of alkyl halides is 4. The van der Waals surface area contributed by atoms with E-state index in [0.717, 1.165) is 6.07 Å². The molecule has 1 aliphatic carbocycles. The second kappa shape index (κ2) is 7.52. The summed E-state index contributed by atoms with van der Waals surface area (Å²) in [4.78, 5) is 0. The Kier molecular flexibility index (Phi) is 6.30. The number of hydrogen-bond acceptors (Lipinski definition) is 2. The van der Waals surface area contributed by atoms with Gasteiger partial charge in [0.25, 0.3) is 0 Å². The van der Waals surface area contributed by atoms with Gasteiger partial charge in [-0.05, 0) is 37.5 Å². The summed E-state index contributed by atoms with van der Waals surface area (Å²) < 4.78 is 57.1. The minimum absolute atomic E-state index is 0.0201. The molecule has 0 heterocycles. The van der Waals surface area contributed by atoms with Gasteiger partial charge in [-0.1, -0.05) is 13.8 Å². The van der Waals surface area contributed by atoms with E-state index >= 15 is 0 Å². The number of nitrogen functional groups attached to an aromatic ring is 1. The summed E-state index contributed by atoms with van der Waals surface area (Å²) in [5.74, 6) is -0.277. The Morgan fingerprint density at radius 3 is 2.43 bits per heavy atom. The lowest BCUT2D eigenvalue weighted by Crippen LogP contribution is -2.27. The van der Waals surface area contributed by atoms with Gasteiger partial charge in [0.15, 0.2) is 0 Å². The SMILES string of the molecule is CC.Nc1ccc(OC2CCCC(F)C2)c(C(F)(F)F)c1. The van der Waals surface area contributed by atoms with Crippen molar-refractivity contribution in [2.75, 3.05) is 5.73 Å². The van der Waals surface area contributed by atoms with Crippen LogP contribution in [0.1, 0.15) is 45.1 Å². The molecule has 0 saturated heterocycles. The molecule has 21 heavy (non-hydrogen) atoms. The lowest BCUT2D eigenvalue weighted by molar-refractivity contribution is -0.139. The highest BCUT2D eigenvalue weighted by Crippen LogP contribution is 2.38. The van der Waals surface area contributed by atoms with Crippen LogP contribution in [0.5, 0.6) is 5.75 Å². The van der Waals surface area contributed by atoms with Crippen LogP contribution in [0.4, 0.5) is 23.2 Å². The molecule has 0 spiro atoms. The molecule has 2 nitrogen and oxygen atoms in total. The first-order valence-electron chi connectivity index (χ1n) is 7.13. The van der Waals surface area contributed by atoms with E-state index in [1.165, 1.54) is 12.1 Å². The van der Waals surface area contributed by atoms with Gasteiger partial charge in [-0.3, -0.25) is 0 Å². The summed E-state index contributed by atoms with van der Waals surface area (Å²) in [6.07, 6.45) is -4.25. The lowest BCUT2D eigenvalue weighted by Gasteiger charge is -2.26. The van der Waals surface area contributed by atoms with E-state index in [9.17, 15) is 17.6 Å². The predicted molar refractivity (Wildman–Crippen MR) is 75.0 cm³/mol. The van der Waals surface area contributed by atoms with Crippen LogP contribution in [0.25, 0.3) is 0 Å². The fraction of sp³-hybridized carbons (Fsp3) is 0.600. The van der Waals surface area contributed by atoms with Gasteiger partial charge in [0, 0.05) is 12.1 Å². The second-order valence-corrected chi connectivity index (χ2v) is 4.76. The fourth-order valence-electron chi connectivity index (χ4n) is 2.25. The van der Waals surface area contributed by atoms with E-state index in [4.69, 9.17) is 10.5 Å². The predicted octanol–water partition coefficient (Wildman–Crippen LogP) is 4.97. The average molecular weight is 307 g/mol. The summed E-state index contributed by atoms with van der Waals surface area (Å²) in [7, 11) is 0. The Bertz CT molecular complexity index is 448. The molecule has 0 radical (unpaired) electrons. The number of nitrogens with two attached hydrogens (primary N) is 1. The van der Waals surface area contributed by atoms with Crippen molar-refractivity contribution in [2.24, 2.45) is 0 Å². The molecule has 0 amide bonds. The Labute approximate surface area is 122 Å². The van der Waals surface area contributed by atoms with Crippen LogP contribution < -0.4 is 10.5 Å². The standard InChI is InChI=1S/C13H15F4NO.C2H6/c14-8-2-1-3-10(6-8)19-12-5-4-9(18)7-11(12)13(15,16)17;1-2/h4-5,7-8,10H,1-3,6,18H2;1-2H3. The van der Waals surface area contributed by atoms with Gasteiger partial charge in [0.2, 0.25) is 0 Å². The third-order valence-electron chi connectivity index (χ3n) is 3.16. The number of hydrogen-bond donors (Lipinski definition) is 1. The molecule has 1 fully saturated rings. The van der Waals surface area contributed by atoms with Crippen LogP contribution in [0, 0.1) is 0 Å². The summed E-state index contributed by atoms with van der Waals surface area (Å²) in [5, 5.41) is 0. The number of benzene rings is 1. The van der Waals surface area contributed by atoms with Crippen molar-refractivity contribution >= 4 is 5.69 Å². The summed E-state index contributed by atoms with van der Waals surface area (Å²) >= 11 is 0. The Morgan fingerprint density at radius 2 is 1.86 bits per heavy atom. The molecule has 0 bridgehead atoms. The quantitative estimate of drug-likeness (QED) is 0.618. The van der Waals surface area contributed by atoms with Crippen molar-refractivity contribution in [1.82, 2.24) is 0 Å². The van der Waals surface area contributed by atoms with E-state index in [1.54, 1.807) is 0 Å². The molecule has 1 aromatic rings. The van der Waals surface area contributed by atoms with Crippen molar-refractivity contribution in [3.63, 3.8) is 0 Å². The minimum Gasteiger partial charge on any atom is -0.490 e. The Morgan fingerprint density at radius 1 is 1.19 bits per heavy atom. The third kappa shape index (κ3) is 5.10. The smallest absolute Gasteiger partial charge is 0.420 e. The van der Waals surface area contributed by atoms with Crippen molar-refractivity contribution in [3.05, 3.63) is 23.8 Å². The summed E-state index contributed by atoms with van der Waals surface area (Å²) in [6.45, 7) is 4.00. The maximum Gasteiger partial charge on any atom is 0.420 e. The van der Waals surface area contributed by atoms with E-state index in [2.05, 4.69) is 0 Å². The van der Waals surface area contributed by atoms with Gasteiger partial charge in [-0.25, -0.2) is 4.39 Å². The molecular formula is C15H21F4NO. The van der Waals surface area contributed by atoms with Crippen LogP contribution in [-0.4, -0.2) is 12.3 Å². The van der Waals surface area contributed by atoms with Crippen molar-refractivity contribution in [2.45, 2.75) is 58.0 Å². The zero-order valence-corrected chi connectivity index (χ0v) is 12.2. The monoisotopic (exact) mass is 307 g/mol. The number of ether oxygens (including phenoxy) is 1. The number of halogens is 4. The van der Waals surface area contributed by atoms with Crippen LogP contribution in [0.15, 0.2) is 18.2 Å². The molecule has 2 N–H and O–H groups in total. The third-order valence-corrected chi connectivity index (χ3v) is 3.16. The Balaban J connectivity index is 0.00000106. The minimum atomic E-state index is -4.53. The van der Waals surface area contributed by atoms with E-state index in [-0.39, 0.29) is 17.9 Å². The molecule has 1 aliphatic rings. The molecule has 2 unspecified atom stereocenters. The van der Waals surface area contributed by atoms with E-state index in [1.807, 2.05) is 13.8 Å². The molecule has 2 atom stereocenters. The molecule has 2 rings (SSSR count). The summed E-state index contributed by atoms with van der Waals surface area (Å²) in [6, 6.07) is 3.38. The highest BCUT2D eigenvalue weighted by atomic mass is 19.4. The highest BCUT2D eigenvalue weighted by Gasteiger charge is 2.35. The van der Waals surface area contributed by atoms with E-state index in [0.29, 0.717) is 19.3 Å². The average Bonchev–Trinajstić information content (AvgIpc) is 2.42. The largest absolute Gasteiger partial charge is 0.490 e. The molecular weight excluding hydrogens is 286 g/mol. The first-order valence-corrected chi connectivity index (χ1v) is 7.13. The molecule has 1 aromatic carbocycles. The zero-order valence-electron chi connectivity index (χ0n) is 12.2. The second-order valence-electron chi connectivity index (χ2n) is 4.76. The van der Waals surface area contributed by atoms with Crippen molar-refractivity contribution < 1.29 is 22.3 Å². The molecule has 0 aliphatic heterocycles. The normalized spacial score (nSPS) is 22.2. The van der Waals surface area contributed by atoms with Gasteiger partial charge in [-0.15, -0.1) is 0 Å². The Hall–Kier alpha value is -1.46. The summed E-state index contributed by atoms with van der Waals surface area (Å²) in [5.41, 5.74) is 4.48. The van der Waals surface area contributed by atoms with E-state index < -0.39 is 24.0 Å². The molecule has 120 valence electrons. The zero-order chi connectivity index (χ0) is 16.0. The van der Waals surface area contributed by atoms with Crippen LogP contribution in [0.3, 0.4) is 0 Å². The maximum atomic E-state index is 13.2. The van der Waals surface area contributed by atoms with Crippen molar-refractivity contribution in [1.29, 1.82) is 0 Å². The number of rotatable bonds is 2. The van der Waals surface area contributed by atoms with Gasteiger partial charge in [0.1, 0.15) is 18.0 Å². The van der Waals surface area contributed by atoms with Crippen molar-refractivity contribution in [3.8, 4) is 5.75 Å². The topological polar surface area (TPSA) is 35.2 Å². The van der Waals surface area contributed by atoms with Gasteiger partial charge in [0.05, 0.1) is 5.56 Å².